The highest BCUT2D eigenvalue weighted by atomic mass is 16.7. The van der Waals surface area contributed by atoms with Crippen LogP contribution in [0.1, 0.15) is 37.7 Å². The molecule has 0 aromatic heterocycles. The first-order chi connectivity index (χ1) is 19.0. The summed E-state index contributed by atoms with van der Waals surface area (Å²) in [5.74, 6) is 0.171. The molecule has 2 aromatic rings. The number of amides is 1. The summed E-state index contributed by atoms with van der Waals surface area (Å²) >= 11 is 0. The zero-order chi connectivity index (χ0) is 27.8. The van der Waals surface area contributed by atoms with Crippen LogP contribution >= 0.6 is 0 Å². The van der Waals surface area contributed by atoms with Crippen molar-refractivity contribution in [2.45, 2.75) is 38.1 Å². The van der Waals surface area contributed by atoms with Crippen molar-refractivity contribution < 1.29 is 33.6 Å². The largest absolute Gasteiger partial charge is 0.493 e. The van der Waals surface area contributed by atoms with E-state index in [9.17, 15) is 14.7 Å². The average Bonchev–Trinajstić information content (AvgIpc) is 3.56. The van der Waals surface area contributed by atoms with Crippen molar-refractivity contribution in [3.63, 3.8) is 0 Å². The SMILES string of the molecule is CCCCN(CCCN)C(=O)CN1CC(c2ccc3c(c2)OCO3)C(C(=O)O)C1COc1ccccc1OC. The summed E-state index contributed by atoms with van der Waals surface area (Å²) in [6.07, 6.45) is 2.58. The van der Waals surface area contributed by atoms with Gasteiger partial charge >= 0.3 is 5.97 Å². The number of carboxylic acids is 1. The number of carboxylic acid groups (broad SMARTS) is 1. The molecule has 1 fully saturated rings. The van der Waals surface area contributed by atoms with Gasteiger partial charge in [0.1, 0.15) is 6.61 Å². The van der Waals surface area contributed by atoms with Gasteiger partial charge in [-0.25, -0.2) is 0 Å². The number of unbranched alkanes of at least 4 members (excludes halogenated alkanes) is 1. The highest BCUT2D eigenvalue weighted by Crippen LogP contribution is 2.42. The van der Waals surface area contributed by atoms with E-state index in [-0.39, 0.29) is 31.8 Å². The van der Waals surface area contributed by atoms with Crippen LogP contribution in [-0.2, 0) is 9.59 Å². The Morgan fingerprint density at radius 2 is 1.85 bits per heavy atom. The van der Waals surface area contributed by atoms with E-state index in [0.717, 1.165) is 18.4 Å². The molecule has 2 aromatic carbocycles. The number of carbonyl (C=O) groups is 2. The molecule has 3 atom stereocenters. The van der Waals surface area contributed by atoms with Gasteiger partial charge in [0.25, 0.3) is 0 Å². The van der Waals surface area contributed by atoms with Gasteiger partial charge in [0, 0.05) is 25.6 Å². The highest BCUT2D eigenvalue weighted by molar-refractivity contribution is 5.79. The topological polar surface area (TPSA) is 124 Å². The molecule has 0 aliphatic carbocycles. The van der Waals surface area contributed by atoms with Gasteiger partial charge in [0.15, 0.2) is 23.0 Å². The van der Waals surface area contributed by atoms with Crippen LogP contribution in [0, 0.1) is 5.92 Å². The number of hydrogen-bond donors (Lipinski definition) is 2. The average molecular weight is 542 g/mol. The van der Waals surface area contributed by atoms with Crippen molar-refractivity contribution in [1.29, 1.82) is 0 Å². The highest BCUT2D eigenvalue weighted by Gasteiger charge is 2.48. The van der Waals surface area contributed by atoms with Gasteiger partial charge in [-0.2, -0.15) is 0 Å². The zero-order valence-electron chi connectivity index (χ0n) is 22.7. The maximum atomic E-state index is 13.5. The van der Waals surface area contributed by atoms with Crippen LogP contribution in [0.3, 0.4) is 0 Å². The molecule has 0 bridgehead atoms. The molecule has 3 N–H and O–H groups in total. The normalized spacial score (nSPS) is 20.1. The maximum absolute atomic E-state index is 13.5. The Labute approximate surface area is 229 Å². The molecular weight excluding hydrogens is 502 g/mol. The number of carbonyl (C=O) groups excluding carboxylic acids is 1. The molecule has 2 heterocycles. The Hall–Kier alpha value is -3.50. The first kappa shape index (κ1) is 28.5. The number of fused-ring (bicyclic) bond motifs is 1. The van der Waals surface area contributed by atoms with Crippen LogP contribution < -0.4 is 24.7 Å². The predicted molar refractivity (Wildman–Crippen MR) is 145 cm³/mol. The minimum absolute atomic E-state index is 0.0327. The molecule has 3 unspecified atom stereocenters. The molecule has 0 spiro atoms. The molecule has 39 heavy (non-hydrogen) atoms. The van der Waals surface area contributed by atoms with E-state index in [4.69, 9.17) is 24.7 Å². The van der Waals surface area contributed by atoms with Gasteiger partial charge in [0.05, 0.1) is 25.6 Å². The van der Waals surface area contributed by atoms with E-state index in [1.165, 1.54) is 0 Å². The Kier molecular flexibility index (Phi) is 9.89. The summed E-state index contributed by atoms with van der Waals surface area (Å²) in [5, 5.41) is 10.4. The van der Waals surface area contributed by atoms with Crippen molar-refractivity contribution in [3.05, 3.63) is 48.0 Å². The van der Waals surface area contributed by atoms with Crippen LogP contribution in [-0.4, -0.2) is 86.1 Å². The van der Waals surface area contributed by atoms with Crippen LogP contribution in [0.4, 0.5) is 0 Å². The number of nitrogens with zero attached hydrogens (tertiary/aromatic N) is 2. The van der Waals surface area contributed by atoms with Crippen molar-refractivity contribution in [2.24, 2.45) is 11.7 Å². The fraction of sp³-hybridized carbons (Fsp3) is 0.517. The molecule has 10 nitrogen and oxygen atoms in total. The number of hydrogen-bond acceptors (Lipinski definition) is 8. The van der Waals surface area contributed by atoms with Crippen LogP contribution in [0.2, 0.25) is 0 Å². The minimum atomic E-state index is -0.938. The standard InChI is InChI=1S/C29H39N3O7/c1-3-4-13-31(14-7-12-30)27(33)17-32-16-21(20-10-11-25-26(15-20)39-19-38-25)28(29(34)35)22(32)18-37-24-9-6-5-8-23(24)36-2/h5-6,8-11,15,21-22,28H,3-4,7,12-14,16-19,30H2,1-2H3,(H,34,35). The Balaban J connectivity index is 1.61. The lowest BCUT2D eigenvalue weighted by Gasteiger charge is -2.29. The molecule has 212 valence electrons. The van der Waals surface area contributed by atoms with Crippen molar-refractivity contribution in [3.8, 4) is 23.0 Å². The number of likely N-dealkylation sites (tertiary alicyclic amines) is 1. The second-order valence-corrected chi connectivity index (χ2v) is 9.92. The van der Waals surface area contributed by atoms with E-state index in [1.54, 1.807) is 19.2 Å². The summed E-state index contributed by atoms with van der Waals surface area (Å²) in [5.41, 5.74) is 6.55. The summed E-state index contributed by atoms with van der Waals surface area (Å²) in [6.45, 7) is 4.54. The lowest BCUT2D eigenvalue weighted by Crippen LogP contribution is -2.47. The molecule has 4 rings (SSSR count). The Morgan fingerprint density at radius 3 is 2.56 bits per heavy atom. The van der Waals surface area contributed by atoms with Gasteiger partial charge in [-0.1, -0.05) is 31.5 Å². The molecular formula is C29H39N3O7. The number of rotatable bonds is 14. The molecule has 0 radical (unpaired) electrons. The quantitative estimate of drug-likeness (QED) is 0.371. The van der Waals surface area contributed by atoms with Crippen molar-refractivity contribution >= 4 is 11.9 Å². The van der Waals surface area contributed by atoms with E-state index in [2.05, 4.69) is 6.92 Å². The number of ether oxygens (including phenoxy) is 4. The number of nitrogens with two attached hydrogens (primary N) is 1. The second-order valence-electron chi connectivity index (χ2n) is 9.92. The van der Waals surface area contributed by atoms with Gasteiger partial charge in [-0.15, -0.1) is 0 Å². The molecule has 1 saturated heterocycles. The maximum Gasteiger partial charge on any atom is 0.308 e. The number of para-hydroxylation sites is 2. The summed E-state index contributed by atoms with van der Waals surface area (Å²) < 4.78 is 22.6. The van der Waals surface area contributed by atoms with E-state index in [1.807, 2.05) is 40.1 Å². The van der Waals surface area contributed by atoms with E-state index >= 15 is 0 Å². The fourth-order valence-electron chi connectivity index (χ4n) is 5.36. The Bertz CT molecular complexity index is 1120. The number of methoxy groups -OCH3 is 1. The molecule has 0 saturated carbocycles. The van der Waals surface area contributed by atoms with Crippen LogP contribution in [0.25, 0.3) is 0 Å². The Morgan fingerprint density at radius 1 is 1.10 bits per heavy atom. The van der Waals surface area contributed by atoms with Crippen LogP contribution in [0.5, 0.6) is 23.0 Å². The zero-order valence-corrected chi connectivity index (χ0v) is 22.7. The monoisotopic (exact) mass is 541 g/mol. The third-order valence-electron chi connectivity index (χ3n) is 7.44. The third-order valence-corrected chi connectivity index (χ3v) is 7.44. The van der Waals surface area contributed by atoms with E-state index < -0.39 is 17.9 Å². The summed E-state index contributed by atoms with van der Waals surface area (Å²) in [4.78, 5) is 30.0. The lowest BCUT2D eigenvalue weighted by molar-refractivity contribution is -0.144. The summed E-state index contributed by atoms with van der Waals surface area (Å²) in [6, 6.07) is 12.2. The molecule has 2 aliphatic rings. The van der Waals surface area contributed by atoms with Crippen LogP contribution in [0.15, 0.2) is 42.5 Å². The minimum Gasteiger partial charge on any atom is -0.493 e. The van der Waals surface area contributed by atoms with Crippen molar-refractivity contribution in [1.82, 2.24) is 9.80 Å². The fourth-order valence-corrected chi connectivity index (χ4v) is 5.36. The van der Waals surface area contributed by atoms with Gasteiger partial charge in [-0.3, -0.25) is 14.5 Å². The summed E-state index contributed by atoms with van der Waals surface area (Å²) in [7, 11) is 1.56. The number of aliphatic carboxylic acids is 1. The molecule has 10 heteroatoms. The smallest absolute Gasteiger partial charge is 0.308 e. The first-order valence-corrected chi connectivity index (χ1v) is 13.6. The molecule has 1 amide bonds. The third kappa shape index (κ3) is 6.75. The lowest BCUT2D eigenvalue weighted by atomic mass is 9.85. The van der Waals surface area contributed by atoms with E-state index in [0.29, 0.717) is 55.6 Å². The number of benzene rings is 2. The van der Waals surface area contributed by atoms with Crippen molar-refractivity contribution in [2.75, 3.05) is 53.2 Å². The first-order valence-electron chi connectivity index (χ1n) is 13.6. The molecule has 2 aliphatic heterocycles. The van der Waals surface area contributed by atoms with Gasteiger partial charge in [-0.05, 0) is 49.2 Å². The second kappa shape index (κ2) is 13.5. The van der Waals surface area contributed by atoms with Gasteiger partial charge < -0.3 is 34.7 Å². The van der Waals surface area contributed by atoms with Gasteiger partial charge in [0.2, 0.25) is 12.7 Å². The predicted octanol–water partition coefficient (Wildman–Crippen LogP) is 2.95.